The van der Waals surface area contributed by atoms with Gasteiger partial charge in [-0.1, -0.05) is 0 Å². The lowest BCUT2D eigenvalue weighted by atomic mass is 10.6. The van der Waals surface area contributed by atoms with E-state index in [1.807, 2.05) is 6.20 Å². The van der Waals surface area contributed by atoms with Crippen molar-refractivity contribution in [1.82, 2.24) is 10.3 Å². The summed E-state index contributed by atoms with van der Waals surface area (Å²) in [5.41, 5.74) is 2.68. The van der Waals surface area contributed by atoms with Crippen LogP contribution in [0.4, 0.5) is 0 Å². The van der Waals surface area contributed by atoms with Crippen LogP contribution in [-0.2, 0) is 0 Å². The second kappa shape index (κ2) is 1.80. The Bertz CT molecular complexity index is 283. The van der Waals surface area contributed by atoms with Gasteiger partial charge in [-0.15, -0.1) is 11.3 Å². The van der Waals surface area contributed by atoms with Gasteiger partial charge in [0.15, 0.2) is 5.49 Å². The Balaban J connectivity index is 2.89. The van der Waals surface area contributed by atoms with E-state index >= 15 is 0 Å². The highest BCUT2D eigenvalue weighted by atomic mass is 32.1. The van der Waals surface area contributed by atoms with Gasteiger partial charge < -0.3 is 5.32 Å². The van der Waals surface area contributed by atoms with Crippen molar-refractivity contribution in [1.29, 1.82) is 0 Å². The molecule has 0 amide bonds. The maximum absolute atomic E-state index is 4.11. The van der Waals surface area contributed by atoms with Gasteiger partial charge >= 0.3 is 0 Å². The van der Waals surface area contributed by atoms with E-state index in [-0.39, 0.29) is 0 Å². The number of nitrogens with zero attached hydrogens (tertiary/aromatic N) is 2. The van der Waals surface area contributed by atoms with Gasteiger partial charge in [0.2, 0.25) is 0 Å². The van der Waals surface area contributed by atoms with E-state index in [4.69, 9.17) is 0 Å². The number of nitrogens with one attached hydrogen (secondary N) is 1. The molecule has 46 valence electrons. The maximum atomic E-state index is 4.11. The zero-order valence-electron chi connectivity index (χ0n) is 4.66. The highest BCUT2D eigenvalue weighted by molar-refractivity contribution is 7.07. The minimum absolute atomic E-state index is 0.663. The molecule has 0 saturated heterocycles. The minimum atomic E-state index is 0.663. The largest absolute Gasteiger partial charge is 0.371 e. The van der Waals surface area contributed by atoms with Crippen LogP contribution in [-0.4, -0.2) is 11.7 Å². The number of aromatic nitrogens is 1. The molecule has 4 heteroatoms. The molecular weight excluding hydrogens is 134 g/mol. The smallest absolute Gasteiger partial charge is 0.168 e. The molecule has 0 bridgehead atoms. The molecule has 0 atom stereocenters. The molecule has 0 aromatic carbocycles. The number of fused-ring (bicyclic) bond motifs is 1. The Kier molecular flexibility index (Phi) is 0.989. The van der Waals surface area contributed by atoms with Crippen LogP contribution in [0.15, 0.2) is 10.5 Å². The van der Waals surface area contributed by atoms with Gasteiger partial charge in [0.1, 0.15) is 6.67 Å². The molecule has 0 saturated carbocycles. The van der Waals surface area contributed by atoms with Gasteiger partial charge in [-0.3, -0.25) is 0 Å². The number of hydrogen-bond acceptors (Lipinski definition) is 4. The van der Waals surface area contributed by atoms with E-state index in [1.54, 1.807) is 16.8 Å². The molecule has 0 fully saturated rings. The van der Waals surface area contributed by atoms with Gasteiger partial charge in [0.25, 0.3) is 0 Å². The molecule has 0 radical (unpaired) electrons. The Morgan fingerprint density at radius 3 is 3.56 bits per heavy atom. The lowest BCUT2D eigenvalue weighted by Gasteiger charge is -1.94. The highest BCUT2D eigenvalue weighted by Gasteiger charge is 1.92. The van der Waals surface area contributed by atoms with Crippen LogP contribution in [0.1, 0.15) is 0 Å². The van der Waals surface area contributed by atoms with Crippen molar-refractivity contribution in [2.75, 3.05) is 6.67 Å². The Hall–Kier alpha value is -0.900. The summed E-state index contributed by atoms with van der Waals surface area (Å²) in [5, 5.41) is 3.01. The van der Waals surface area contributed by atoms with Crippen LogP contribution in [0.5, 0.6) is 0 Å². The second-order valence-corrected chi connectivity index (χ2v) is 2.59. The molecule has 3 nitrogen and oxygen atoms in total. The van der Waals surface area contributed by atoms with Crippen LogP contribution < -0.4 is 15.3 Å². The van der Waals surface area contributed by atoms with Crippen molar-refractivity contribution in [3.63, 3.8) is 0 Å². The monoisotopic (exact) mass is 139 g/mol. The van der Waals surface area contributed by atoms with Crippen molar-refractivity contribution in [2.45, 2.75) is 0 Å². The fraction of sp³-hybridized carbons (Fsp3) is 0.200. The predicted octanol–water partition coefficient (Wildman–Crippen LogP) is -0.939. The highest BCUT2D eigenvalue weighted by Crippen LogP contribution is 1.77. The summed E-state index contributed by atoms with van der Waals surface area (Å²) in [5.74, 6) is 0. The van der Waals surface area contributed by atoms with E-state index in [2.05, 4.69) is 15.3 Å². The fourth-order valence-electron chi connectivity index (χ4n) is 0.726. The predicted molar refractivity (Wildman–Crippen MR) is 35.4 cm³/mol. The normalized spacial score (nSPS) is 14.7. The van der Waals surface area contributed by atoms with Crippen LogP contribution >= 0.6 is 11.3 Å². The van der Waals surface area contributed by atoms with Gasteiger partial charge in [-0.2, -0.15) is 0 Å². The zero-order chi connectivity index (χ0) is 6.10. The first kappa shape index (κ1) is 4.93. The van der Waals surface area contributed by atoms with E-state index in [0.29, 0.717) is 6.67 Å². The third-order valence-corrected chi connectivity index (χ3v) is 1.89. The number of thiazole rings is 1. The third kappa shape index (κ3) is 0.712. The van der Waals surface area contributed by atoms with Gasteiger partial charge in [-0.25, -0.2) is 9.98 Å². The number of hydrogen-bond donors (Lipinski definition) is 1. The molecule has 2 heterocycles. The molecule has 1 aromatic rings. The number of rotatable bonds is 0. The van der Waals surface area contributed by atoms with Crippen molar-refractivity contribution in [3.8, 4) is 0 Å². The van der Waals surface area contributed by atoms with Crippen molar-refractivity contribution < 1.29 is 0 Å². The van der Waals surface area contributed by atoms with Crippen LogP contribution in [0, 0.1) is 0 Å². The molecular formula is C5H5N3S. The van der Waals surface area contributed by atoms with Crippen LogP contribution in [0.25, 0.3) is 6.20 Å². The lowest BCUT2D eigenvalue weighted by molar-refractivity contribution is 0.855. The first-order chi connectivity index (χ1) is 4.47. The van der Waals surface area contributed by atoms with Gasteiger partial charge in [0.05, 0.1) is 10.0 Å². The SMILES string of the molecule is C1=c2scnc2=NCN1. The first-order valence-corrected chi connectivity index (χ1v) is 3.52. The Labute approximate surface area is 55.8 Å². The summed E-state index contributed by atoms with van der Waals surface area (Å²) < 4.78 is 1.13. The van der Waals surface area contributed by atoms with Crippen molar-refractivity contribution in [2.24, 2.45) is 4.99 Å². The summed E-state index contributed by atoms with van der Waals surface area (Å²) in [6.45, 7) is 0.663. The molecule has 1 aromatic heterocycles. The summed E-state index contributed by atoms with van der Waals surface area (Å²) in [6.07, 6.45) is 1.94. The van der Waals surface area contributed by atoms with E-state index in [9.17, 15) is 0 Å². The third-order valence-electron chi connectivity index (χ3n) is 1.13. The summed E-state index contributed by atoms with van der Waals surface area (Å²) in [7, 11) is 0. The minimum Gasteiger partial charge on any atom is -0.371 e. The topological polar surface area (TPSA) is 37.3 Å². The zero-order valence-corrected chi connectivity index (χ0v) is 5.48. The summed E-state index contributed by atoms with van der Waals surface area (Å²) >= 11 is 1.60. The van der Waals surface area contributed by atoms with E-state index in [0.717, 1.165) is 10.0 Å². The lowest BCUT2D eigenvalue weighted by Crippen LogP contribution is -2.30. The van der Waals surface area contributed by atoms with Crippen molar-refractivity contribution in [3.05, 3.63) is 15.5 Å². The standard InChI is InChI=1S/C5H5N3S/c1-4-5(7-2-6-1)8-3-9-4/h1,3,6H,2H2. The molecule has 1 aliphatic heterocycles. The van der Waals surface area contributed by atoms with Gasteiger partial charge in [0, 0.05) is 6.20 Å². The Morgan fingerprint density at radius 1 is 1.67 bits per heavy atom. The molecule has 2 rings (SSSR count). The molecule has 0 unspecified atom stereocenters. The van der Waals surface area contributed by atoms with Gasteiger partial charge in [-0.05, 0) is 0 Å². The van der Waals surface area contributed by atoms with E-state index < -0.39 is 0 Å². The van der Waals surface area contributed by atoms with Crippen molar-refractivity contribution >= 4 is 17.5 Å². The molecule has 0 aliphatic carbocycles. The van der Waals surface area contributed by atoms with Crippen LogP contribution in [0.3, 0.4) is 0 Å². The first-order valence-electron chi connectivity index (χ1n) is 2.64. The Morgan fingerprint density at radius 2 is 2.67 bits per heavy atom. The molecule has 1 aliphatic rings. The fourth-order valence-corrected chi connectivity index (χ4v) is 1.37. The molecule has 9 heavy (non-hydrogen) atoms. The summed E-state index contributed by atoms with van der Waals surface area (Å²) in [4.78, 5) is 8.15. The second-order valence-electron chi connectivity index (χ2n) is 1.70. The average Bonchev–Trinajstić information content (AvgIpc) is 2.33. The molecule has 1 N–H and O–H groups in total. The average molecular weight is 139 g/mol. The van der Waals surface area contributed by atoms with E-state index in [1.165, 1.54) is 0 Å². The quantitative estimate of drug-likeness (QED) is 0.504. The maximum Gasteiger partial charge on any atom is 0.168 e. The molecule has 0 spiro atoms. The van der Waals surface area contributed by atoms with Crippen LogP contribution in [0.2, 0.25) is 0 Å². The summed E-state index contributed by atoms with van der Waals surface area (Å²) in [6, 6.07) is 0.